The summed E-state index contributed by atoms with van der Waals surface area (Å²) < 4.78 is 43.5. The first kappa shape index (κ1) is 41.9. The van der Waals surface area contributed by atoms with Gasteiger partial charge < -0.3 is 38.1 Å². The van der Waals surface area contributed by atoms with E-state index >= 15 is 0 Å². The molecule has 14 heteroatoms. The standard InChI is InChI=1S/C41H55NO13/c1-21-30(50-22(2)43)17-28-35(52-24(4)45)37-40(9,38(54-26(6)47)36(53-25(5)46)34(21)39(28,7)8)31(51-23(3)44)19-32(41(37)20-49-41)55-33(48)18-29(42(10)11)27-15-13-12-14-16-27/h12-16,28-32,35-38H,17-20H2,1-11H3/t28-,29+,30-,31-,32-,35+,36+,37-,38-,40+,41+/m0/s1. The summed E-state index contributed by atoms with van der Waals surface area (Å²) in [7, 11) is 3.73. The predicted molar refractivity (Wildman–Crippen MR) is 195 cm³/mol. The van der Waals surface area contributed by atoms with Gasteiger partial charge in [-0.3, -0.25) is 28.8 Å². The second-order valence-corrected chi connectivity index (χ2v) is 16.4. The van der Waals surface area contributed by atoms with Gasteiger partial charge in [0.1, 0.15) is 30.0 Å². The average Bonchev–Trinajstić information content (AvgIpc) is 3.85. The van der Waals surface area contributed by atoms with E-state index in [0.717, 1.165) is 5.56 Å². The molecule has 1 heterocycles. The van der Waals surface area contributed by atoms with E-state index in [0.29, 0.717) is 11.1 Å². The molecule has 0 amide bonds. The van der Waals surface area contributed by atoms with Crippen LogP contribution < -0.4 is 0 Å². The molecule has 0 N–H and O–H groups in total. The molecular formula is C41H55NO13. The zero-order chi connectivity index (χ0) is 40.8. The molecule has 2 saturated carbocycles. The molecule has 14 nitrogen and oxygen atoms in total. The topological polar surface area (TPSA) is 174 Å². The molecule has 55 heavy (non-hydrogen) atoms. The number of esters is 6. The lowest BCUT2D eigenvalue weighted by atomic mass is 9.47. The normalized spacial score (nSPS) is 33.9. The van der Waals surface area contributed by atoms with Crippen molar-refractivity contribution < 1.29 is 61.9 Å². The van der Waals surface area contributed by atoms with Crippen LogP contribution >= 0.6 is 0 Å². The van der Waals surface area contributed by atoms with Crippen molar-refractivity contribution in [1.82, 2.24) is 4.90 Å². The van der Waals surface area contributed by atoms with Crippen molar-refractivity contribution in [3.05, 3.63) is 47.0 Å². The SMILES string of the molecule is CC(=O)O[C@H]1[C@@H]2[C@@]3(CO3)[C@@H](OC(=O)C[C@H](c3ccccc3)N(C)C)C[C@H](OC(C)=O)[C@@]2(C)[C@@H](OC(C)=O)[C@H](OC(C)=O)C2=C(C)[C@@H](OC(C)=O)C[C@@H]1C2(C)C. The summed E-state index contributed by atoms with van der Waals surface area (Å²) in [5, 5.41) is 0. The van der Waals surface area contributed by atoms with Crippen LogP contribution in [-0.4, -0.2) is 104 Å². The number of carbonyl (C=O) groups is 6. The van der Waals surface area contributed by atoms with Crippen molar-refractivity contribution in [3.8, 4) is 0 Å². The van der Waals surface area contributed by atoms with Crippen LogP contribution in [0.25, 0.3) is 0 Å². The molecule has 1 saturated heterocycles. The molecule has 1 aromatic rings. The molecule has 302 valence electrons. The van der Waals surface area contributed by atoms with Gasteiger partial charge in [0, 0.05) is 58.9 Å². The highest BCUT2D eigenvalue weighted by atomic mass is 16.6. The second kappa shape index (κ2) is 15.7. The van der Waals surface area contributed by atoms with E-state index in [1.54, 1.807) is 13.8 Å². The van der Waals surface area contributed by atoms with Gasteiger partial charge in [-0.15, -0.1) is 0 Å². The van der Waals surface area contributed by atoms with Crippen LogP contribution in [0.1, 0.15) is 93.2 Å². The minimum Gasteiger partial charge on any atom is -0.462 e. The molecule has 5 rings (SSSR count). The fraction of sp³-hybridized carbons (Fsp3) is 0.659. The number of fused-ring (bicyclic) bond motifs is 4. The Morgan fingerprint density at radius 2 is 1.33 bits per heavy atom. The average molecular weight is 770 g/mol. The molecule has 3 fully saturated rings. The van der Waals surface area contributed by atoms with Gasteiger partial charge in [0.15, 0.2) is 12.2 Å². The van der Waals surface area contributed by atoms with Gasteiger partial charge in [0.05, 0.1) is 18.4 Å². The van der Waals surface area contributed by atoms with Gasteiger partial charge in [-0.25, -0.2) is 0 Å². The number of ether oxygens (including phenoxy) is 7. The van der Waals surface area contributed by atoms with Gasteiger partial charge in [-0.05, 0) is 49.6 Å². The quantitative estimate of drug-likeness (QED) is 0.142. The Balaban J connectivity index is 1.75. The zero-order valence-electron chi connectivity index (χ0n) is 33.7. The minimum atomic E-state index is -1.50. The molecule has 2 bridgehead atoms. The van der Waals surface area contributed by atoms with Crippen LogP contribution in [0.4, 0.5) is 0 Å². The van der Waals surface area contributed by atoms with Gasteiger partial charge in [-0.1, -0.05) is 51.1 Å². The third-order valence-electron chi connectivity index (χ3n) is 12.2. The van der Waals surface area contributed by atoms with Gasteiger partial charge >= 0.3 is 35.8 Å². The van der Waals surface area contributed by atoms with Crippen molar-refractivity contribution in [2.75, 3.05) is 20.7 Å². The molecule has 1 spiro atoms. The van der Waals surface area contributed by atoms with E-state index < -0.39 is 101 Å². The second-order valence-electron chi connectivity index (χ2n) is 16.4. The maximum Gasteiger partial charge on any atom is 0.308 e. The first-order chi connectivity index (χ1) is 25.6. The van der Waals surface area contributed by atoms with Crippen LogP contribution in [0.2, 0.25) is 0 Å². The monoisotopic (exact) mass is 769 g/mol. The summed E-state index contributed by atoms with van der Waals surface area (Å²) in [5.74, 6) is -5.41. The van der Waals surface area contributed by atoms with Crippen molar-refractivity contribution >= 4 is 35.8 Å². The fourth-order valence-electron chi connectivity index (χ4n) is 9.95. The maximum absolute atomic E-state index is 14.0. The molecule has 0 radical (unpaired) electrons. The minimum absolute atomic E-state index is 0.0190. The van der Waals surface area contributed by atoms with Crippen molar-refractivity contribution in [1.29, 1.82) is 0 Å². The van der Waals surface area contributed by atoms with E-state index in [4.69, 9.17) is 33.2 Å². The predicted octanol–water partition coefficient (Wildman–Crippen LogP) is 4.42. The fourth-order valence-corrected chi connectivity index (χ4v) is 9.95. The highest BCUT2D eigenvalue weighted by molar-refractivity contribution is 5.72. The smallest absolute Gasteiger partial charge is 0.308 e. The number of rotatable bonds is 10. The van der Waals surface area contributed by atoms with Crippen LogP contribution in [0.15, 0.2) is 41.5 Å². The number of benzene rings is 1. The molecule has 3 aliphatic carbocycles. The molecule has 11 atom stereocenters. The van der Waals surface area contributed by atoms with Crippen molar-refractivity contribution in [3.63, 3.8) is 0 Å². The lowest BCUT2D eigenvalue weighted by Gasteiger charge is -2.62. The summed E-state index contributed by atoms with van der Waals surface area (Å²) in [5.41, 5.74) is -1.77. The molecule has 0 unspecified atom stereocenters. The van der Waals surface area contributed by atoms with Crippen LogP contribution in [-0.2, 0) is 61.9 Å². The Morgan fingerprint density at radius 3 is 1.84 bits per heavy atom. The number of nitrogens with zero attached hydrogens (tertiary/aromatic N) is 1. The number of hydrogen-bond acceptors (Lipinski definition) is 14. The largest absolute Gasteiger partial charge is 0.462 e. The summed E-state index contributed by atoms with van der Waals surface area (Å²) in [6, 6.07) is 9.21. The molecule has 1 aliphatic heterocycles. The zero-order valence-corrected chi connectivity index (χ0v) is 33.7. The molecular weight excluding hydrogens is 714 g/mol. The number of epoxide rings is 1. The summed E-state index contributed by atoms with van der Waals surface area (Å²) in [4.78, 5) is 80.9. The van der Waals surface area contributed by atoms with Crippen LogP contribution in [0.5, 0.6) is 0 Å². The lowest BCUT2D eigenvalue weighted by molar-refractivity contribution is -0.258. The summed E-state index contributed by atoms with van der Waals surface area (Å²) >= 11 is 0. The molecule has 1 aromatic carbocycles. The van der Waals surface area contributed by atoms with E-state index in [1.807, 2.05) is 63.2 Å². The Kier molecular flexibility index (Phi) is 11.9. The molecule has 4 aliphatic rings. The first-order valence-electron chi connectivity index (χ1n) is 18.8. The Hall–Kier alpha value is -4.30. The highest BCUT2D eigenvalue weighted by Gasteiger charge is 2.78. The number of hydrogen-bond donors (Lipinski definition) is 0. The number of carbonyl (C=O) groups excluding carboxylic acids is 6. The Labute approximate surface area is 322 Å². The van der Waals surface area contributed by atoms with Gasteiger partial charge in [0.25, 0.3) is 0 Å². The van der Waals surface area contributed by atoms with Crippen LogP contribution in [0, 0.1) is 22.7 Å². The summed E-state index contributed by atoms with van der Waals surface area (Å²) in [6.45, 7) is 13.7. The van der Waals surface area contributed by atoms with E-state index in [9.17, 15) is 28.8 Å². The first-order valence-corrected chi connectivity index (χ1v) is 18.8. The maximum atomic E-state index is 14.0. The van der Waals surface area contributed by atoms with E-state index in [1.165, 1.54) is 34.6 Å². The third-order valence-corrected chi connectivity index (χ3v) is 12.2. The summed E-state index contributed by atoms with van der Waals surface area (Å²) in [6.07, 6.45) is -6.61. The molecule has 0 aromatic heterocycles. The Morgan fingerprint density at radius 1 is 0.764 bits per heavy atom. The Bertz CT molecular complexity index is 1710. The van der Waals surface area contributed by atoms with Crippen molar-refractivity contribution in [2.45, 2.75) is 130 Å². The van der Waals surface area contributed by atoms with Gasteiger partial charge in [0.2, 0.25) is 0 Å². The van der Waals surface area contributed by atoms with E-state index in [2.05, 4.69) is 0 Å². The van der Waals surface area contributed by atoms with Gasteiger partial charge in [-0.2, -0.15) is 0 Å². The van der Waals surface area contributed by atoms with Crippen LogP contribution in [0.3, 0.4) is 0 Å². The van der Waals surface area contributed by atoms with E-state index in [-0.39, 0.29) is 31.9 Å². The lowest BCUT2D eigenvalue weighted by Crippen LogP contribution is -2.72. The highest BCUT2D eigenvalue weighted by Crippen LogP contribution is 2.66. The third kappa shape index (κ3) is 8.03. The van der Waals surface area contributed by atoms with Crippen molar-refractivity contribution in [2.24, 2.45) is 22.7 Å².